The number of amides is 2. The van der Waals surface area contributed by atoms with Crippen LogP contribution in [0.25, 0.3) is 10.4 Å². The van der Waals surface area contributed by atoms with Gasteiger partial charge in [-0.25, -0.2) is 4.79 Å². The Hall–Kier alpha value is -2.23. The Bertz CT molecular complexity index is 801. The highest BCUT2D eigenvalue weighted by Gasteiger charge is 2.24. The van der Waals surface area contributed by atoms with Crippen molar-refractivity contribution in [3.8, 4) is 10.4 Å². The minimum absolute atomic E-state index is 0.0904. The van der Waals surface area contributed by atoms with Gasteiger partial charge >= 0.3 is 5.97 Å². The number of carbonyl (C=O) groups is 3. The molecule has 1 fully saturated rings. The van der Waals surface area contributed by atoms with E-state index < -0.39 is 5.97 Å². The summed E-state index contributed by atoms with van der Waals surface area (Å²) in [5.74, 6) is -0.804. The monoisotopic (exact) mass is 393 g/mol. The molecule has 7 nitrogen and oxygen atoms in total. The van der Waals surface area contributed by atoms with Gasteiger partial charge in [-0.2, -0.15) is 0 Å². The highest BCUT2D eigenvalue weighted by molar-refractivity contribution is 7.17. The zero-order chi connectivity index (χ0) is 18.5. The molecule has 2 aromatic rings. The minimum atomic E-state index is -0.454. The van der Waals surface area contributed by atoms with Crippen molar-refractivity contribution in [2.75, 3.05) is 38.1 Å². The smallest absolute Gasteiger partial charge is 0.341 e. The molecule has 0 aromatic carbocycles. The average molecular weight is 393 g/mol. The molecule has 1 saturated heterocycles. The summed E-state index contributed by atoms with van der Waals surface area (Å²) in [4.78, 5) is 39.0. The fourth-order valence-corrected chi connectivity index (χ4v) is 4.45. The van der Waals surface area contributed by atoms with Crippen LogP contribution in [0.4, 0.5) is 5.00 Å². The Morgan fingerprint density at radius 2 is 2.23 bits per heavy atom. The number of esters is 1. The molecule has 0 aliphatic carbocycles. The summed E-state index contributed by atoms with van der Waals surface area (Å²) < 4.78 is 5.17. The van der Waals surface area contributed by atoms with Crippen LogP contribution in [0, 0.1) is 0 Å². The van der Waals surface area contributed by atoms with Gasteiger partial charge in [0.05, 0.1) is 19.7 Å². The van der Waals surface area contributed by atoms with Crippen molar-refractivity contribution in [3.05, 3.63) is 28.5 Å². The predicted octanol–water partition coefficient (Wildman–Crippen LogP) is 2.02. The number of ether oxygens (including phenoxy) is 1. The Labute approximate surface area is 159 Å². The third-order valence-electron chi connectivity index (χ3n) is 3.79. The van der Waals surface area contributed by atoms with Gasteiger partial charge < -0.3 is 15.4 Å². The van der Waals surface area contributed by atoms with Crippen LogP contribution in [0.2, 0.25) is 0 Å². The van der Waals surface area contributed by atoms with Gasteiger partial charge in [0.1, 0.15) is 10.6 Å². The van der Waals surface area contributed by atoms with Crippen molar-refractivity contribution < 1.29 is 19.1 Å². The number of hydrogen-bond donors (Lipinski definition) is 2. The lowest BCUT2D eigenvalue weighted by Gasteiger charge is -2.25. The second kappa shape index (κ2) is 8.43. The fraction of sp³-hybridized carbons (Fsp3) is 0.353. The summed E-state index contributed by atoms with van der Waals surface area (Å²) in [6.07, 6.45) is 0. The van der Waals surface area contributed by atoms with Crippen molar-refractivity contribution in [2.24, 2.45) is 0 Å². The van der Waals surface area contributed by atoms with Crippen LogP contribution in [0.1, 0.15) is 17.3 Å². The molecular formula is C17H19N3O4S2. The number of nitrogens with one attached hydrogen (secondary N) is 2. The highest BCUT2D eigenvalue weighted by atomic mass is 32.1. The van der Waals surface area contributed by atoms with Gasteiger partial charge in [-0.15, -0.1) is 22.7 Å². The zero-order valence-corrected chi connectivity index (χ0v) is 15.9. The van der Waals surface area contributed by atoms with Gasteiger partial charge in [0.15, 0.2) is 0 Å². The molecule has 138 valence electrons. The first-order valence-corrected chi connectivity index (χ1v) is 9.95. The van der Waals surface area contributed by atoms with Gasteiger partial charge in [0.25, 0.3) is 0 Å². The van der Waals surface area contributed by atoms with Gasteiger partial charge in [-0.3, -0.25) is 14.5 Å². The third kappa shape index (κ3) is 4.29. The average Bonchev–Trinajstić information content (AvgIpc) is 3.24. The number of hydrogen-bond acceptors (Lipinski definition) is 7. The Kier molecular flexibility index (Phi) is 6.02. The maximum Gasteiger partial charge on any atom is 0.341 e. The van der Waals surface area contributed by atoms with Crippen molar-refractivity contribution in [3.63, 3.8) is 0 Å². The van der Waals surface area contributed by atoms with E-state index in [0.717, 1.165) is 10.4 Å². The van der Waals surface area contributed by atoms with Crippen molar-refractivity contribution in [1.29, 1.82) is 0 Å². The van der Waals surface area contributed by atoms with E-state index in [2.05, 4.69) is 10.6 Å². The van der Waals surface area contributed by atoms with E-state index in [-0.39, 0.29) is 31.5 Å². The maximum absolute atomic E-state index is 12.4. The number of nitrogens with zero attached hydrogens (tertiary/aromatic N) is 1. The number of thiophene rings is 2. The van der Waals surface area contributed by atoms with Crippen LogP contribution in [0.15, 0.2) is 22.9 Å². The molecular weight excluding hydrogens is 374 g/mol. The maximum atomic E-state index is 12.4. The molecule has 1 aliphatic heterocycles. The molecule has 0 atom stereocenters. The van der Waals surface area contributed by atoms with E-state index in [1.54, 1.807) is 11.8 Å². The van der Waals surface area contributed by atoms with E-state index in [1.807, 2.05) is 22.9 Å². The predicted molar refractivity (Wildman–Crippen MR) is 102 cm³/mol. The summed E-state index contributed by atoms with van der Waals surface area (Å²) in [5, 5.41) is 9.78. The molecule has 3 heterocycles. The third-order valence-corrected chi connectivity index (χ3v) is 5.59. The van der Waals surface area contributed by atoms with Gasteiger partial charge in [-0.05, 0) is 18.4 Å². The molecule has 2 N–H and O–H groups in total. The normalized spacial score (nSPS) is 14.7. The summed E-state index contributed by atoms with van der Waals surface area (Å²) in [6.45, 7) is 3.45. The lowest BCUT2D eigenvalue weighted by molar-refractivity contribution is -0.125. The summed E-state index contributed by atoms with van der Waals surface area (Å²) in [7, 11) is 0. The standard InChI is InChI=1S/C17H19N3O4S2/c1-2-24-17(23)15-11(12-4-3-7-25-12)10-26-16(15)19-14(22)9-20-6-5-18-13(21)8-20/h3-4,7,10H,2,5-6,8-9H2,1H3,(H,18,21)(H,19,22). The summed E-state index contributed by atoms with van der Waals surface area (Å²) in [5.41, 5.74) is 1.14. The van der Waals surface area contributed by atoms with Crippen LogP contribution in [-0.2, 0) is 14.3 Å². The molecule has 3 rings (SSSR count). The van der Waals surface area contributed by atoms with Crippen LogP contribution >= 0.6 is 22.7 Å². The summed E-state index contributed by atoms with van der Waals surface area (Å²) in [6, 6.07) is 3.83. The first kappa shape index (κ1) is 18.6. The first-order valence-electron chi connectivity index (χ1n) is 8.20. The van der Waals surface area contributed by atoms with E-state index in [1.165, 1.54) is 22.7 Å². The summed E-state index contributed by atoms with van der Waals surface area (Å²) >= 11 is 2.82. The molecule has 9 heteroatoms. The molecule has 0 bridgehead atoms. The minimum Gasteiger partial charge on any atom is -0.462 e. The Morgan fingerprint density at radius 3 is 2.92 bits per heavy atom. The van der Waals surface area contributed by atoms with Crippen LogP contribution < -0.4 is 10.6 Å². The number of anilines is 1. The van der Waals surface area contributed by atoms with Gasteiger partial charge in [0.2, 0.25) is 11.8 Å². The lowest BCUT2D eigenvalue weighted by atomic mass is 10.1. The molecule has 2 aromatic heterocycles. The molecule has 0 unspecified atom stereocenters. The topological polar surface area (TPSA) is 87.7 Å². The Morgan fingerprint density at radius 1 is 1.38 bits per heavy atom. The number of piperazine rings is 1. The zero-order valence-electron chi connectivity index (χ0n) is 14.2. The Balaban J connectivity index is 1.77. The largest absolute Gasteiger partial charge is 0.462 e. The number of rotatable bonds is 6. The van der Waals surface area contributed by atoms with Crippen molar-refractivity contribution in [1.82, 2.24) is 10.2 Å². The SMILES string of the molecule is CCOC(=O)c1c(-c2cccs2)csc1NC(=O)CN1CCNC(=O)C1. The van der Waals surface area contributed by atoms with Gasteiger partial charge in [0, 0.05) is 28.9 Å². The molecule has 0 radical (unpaired) electrons. The van der Waals surface area contributed by atoms with E-state index in [0.29, 0.717) is 23.7 Å². The second-order valence-electron chi connectivity index (χ2n) is 5.66. The van der Waals surface area contributed by atoms with Crippen LogP contribution in [-0.4, -0.2) is 55.5 Å². The van der Waals surface area contributed by atoms with E-state index >= 15 is 0 Å². The molecule has 2 amide bonds. The van der Waals surface area contributed by atoms with E-state index in [4.69, 9.17) is 4.74 Å². The van der Waals surface area contributed by atoms with E-state index in [9.17, 15) is 14.4 Å². The van der Waals surface area contributed by atoms with Crippen LogP contribution in [0.5, 0.6) is 0 Å². The lowest BCUT2D eigenvalue weighted by Crippen LogP contribution is -2.49. The first-order chi connectivity index (χ1) is 12.6. The van der Waals surface area contributed by atoms with Crippen molar-refractivity contribution >= 4 is 45.5 Å². The quantitative estimate of drug-likeness (QED) is 0.733. The number of carbonyl (C=O) groups excluding carboxylic acids is 3. The molecule has 0 saturated carbocycles. The molecule has 26 heavy (non-hydrogen) atoms. The van der Waals surface area contributed by atoms with Gasteiger partial charge in [-0.1, -0.05) is 6.07 Å². The fourth-order valence-electron chi connectivity index (χ4n) is 2.66. The van der Waals surface area contributed by atoms with Crippen molar-refractivity contribution in [2.45, 2.75) is 6.92 Å². The van der Waals surface area contributed by atoms with Crippen LogP contribution in [0.3, 0.4) is 0 Å². The second-order valence-corrected chi connectivity index (χ2v) is 7.49. The molecule has 1 aliphatic rings. The highest BCUT2D eigenvalue weighted by Crippen LogP contribution is 2.38. The molecule has 0 spiro atoms.